The van der Waals surface area contributed by atoms with Crippen LogP contribution >= 0.6 is 11.8 Å². The summed E-state index contributed by atoms with van der Waals surface area (Å²) in [5, 5.41) is 0.825. The zero-order valence-electron chi connectivity index (χ0n) is 9.04. The number of hydrogen-bond acceptors (Lipinski definition) is 4. The molecule has 0 saturated carbocycles. The van der Waals surface area contributed by atoms with Crippen LogP contribution in [-0.4, -0.2) is 11.0 Å². The Morgan fingerprint density at radius 1 is 1.31 bits per heavy atom. The Labute approximate surface area is 99.1 Å². The van der Waals surface area contributed by atoms with Crippen molar-refractivity contribution in [2.75, 3.05) is 0 Å². The van der Waals surface area contributed by atoms with Gasteiger partial charge in [0.15, 0.2) is 0 Å². The molecule has 0 aliphatic rings. The van der Waals surface area contributed by atoms with Crippen molar-refractivity contribution in [3.8, 4) is 0 Å². The molecule has 1 aromatic carbocycles. The minimum Gasteiger partial charge on any atom is -0.440 e. The molecule has 0 aliphatic carbocycles. The molecule has 0 radical (unpaired) electrons. The van der Waals surface area contributed by atoms with Crippen LogP contribution in [0, 0.1) is 0 Å². The molecular weight excluding hydrogens is 220 g/mol. The Morgan fingerprint density at radius 3 is 2.62 bits per heavy atom. The van der Waals surface area contributed by atoms with Gasteiger partial charge < -0.3 is 10.2 Å². The molecule has 2 atom stereocenters. The first-order chi connectivity index (χ1) is 7.77. The second kappa shape index (κ2) is 5.18. The van der Waals surface area contributed by atoms with Crippen molar-refractivity contribution in [3.05, 3.63) is 48.4 Å². The lowest BCUT2D eigenvalue weighted by Crippen LogP contribution is -2.22. The summed E-state index contributed by atoms with van der Waals surface area (Å²) in [7, 11) is 0. The van der Waals surface area contributed by atoms with Gasteiger partial charge in [-0.25, -0.2) is 4.98 Å². The largest absolute Gasteiger partial charge is 0.440 e. The smallest absolute Gasteiger partial charge is 0.256 e. The number of nitrogens with zero attached hydrogens (tertiary/aromatic N) is 1. The third kappa shape index (κ3) is 2.65. The van der Waals surface area contributed by atoms with E-state index in [1.165, 1.54) is 5.56 Å². The zero-order chi connectivity index (χ0) is 11.4. The van der Waals surface area contributed by atoms with E-state index in [0.29, 0.717) is 5.22 Å². The fourth-order valence-electron chi connectivity index (χ4n) is 1.50. The van der Waals surface area contributed by atoms with Crippen LogP contribution in [0.25, 0.3) is 0 Å². The van der Waals surface area contributed by atoms with Gasteiger partial charge in [-0.05, 0) is 12.5 Å². The van der Waals surface area contributed by atoms with Gasteiger partial charge in [0.2, 0.25) is 0 Å². The van der Waals surface area contributed by atoms with Crippen LogP contribution in [0.4, 0.5) is 0 Å². The van der Waals surface area contributed by atoms with E-state index >= 15 is 0 Å². The molecule has 0 spiro atoms. The number of aromatic nitrogens is 1. The lowest BCUT2D eigenvalue weighted by atomic mass is 10.1. The van der Waals surface area contributed by atoms with Gasteiger partial charge in [-0.3, -0.25) is 0 Å². The molecule has 84 valence electrons. The summed E-state index contributed by atoms with van der Waals surface area (Å²) in [5.74, 6) is 0. The first-order valence-corrected chi connectivity index (χ1v) is 6.02. The number of oxazole rings is 1. The monoisotopic (exact) mass is 234 g/mol. The summed E-state index contributed by atoms with van der Waals surface area (Å²) in [6.07, 6.45) is 3.22. The summed E-state index contributed by atoms with van der Waals surface area (Å²) in [5.41, 5.74) is 7.19. The van der Waals surface area contributed by atoms with E-state index in [2.05, 4.69) is 17.1 Å². The van der Waals surface area contributed by atoms with Gasteiger partial charge in [-0.1, -0.05) is 42.1 Å². The van der Waals surface area contributed by atoms with E-state index in [9.17, 15) is 0 Å². The van der Waals surface area contributed by atoms with Gasteiger partial charge in [-0.2, -0.15) is 0 Å². The molecule has 1 heterocycles. The van der Waals surface area contributed by atoms with Crippen molar-refractivity contribution < 1.29 is 4.42 Å². The highest BCUT2D eigenvalue weighted by molar-refractivity contribution is 7.99. The maximum absolute atomic E-state index is 5.99. The Bertz CT molecular complexity index is 414. The Kier molecular flexibility index (Phi) is 3.64. The summed E-state index contributed by atoms with van der Waals surface area (Å²) in [4.78, 5) is 4.10. The first kappa shape index (κ1) is 11.2. The quantitative estimate of drug-likeness (QED) is 0.826. The van der Waals surface area contributed by atoms with Crippen molar-refractivity contribution in [1.82, 2.24) is 4.98 Å². The standard InChI is InChI=1S/C12H14N2OS/c1-9(13)11(10-5-3-2-4-6-10)16-12-14-7-8-15-12/h2-9,11H,13H2,1H3. The number of benzene rings is 1. The predicted octanol–water partition coefficient (Wildman–Crippen LogP) is 2.86. The molecule has 16 heavy (non-hydrogen) atoms. The molecular formula is C12H14N2OS. The zero-order valence-corrected chi connectivity index (χ0v) is 9.85. The highest BCUT2D eigenvalue weighted by atomic mass is 32.2. The highest BCUT2D eigenvalue weighted by Gasteiger charge is 2.19. The fourth-order valence-corrected chi connectivity index (χ4v) is 2.46. The molecule has 1 aromatic heterocycles. The van der Waals surface area contributed by atoms with Crippen molar-refractivity contribution >= 4 is 11.8 Å². The minimum atomic E-state index is 0.0410. The molecule has 0 saturated heterocycles. The van der Waals surface area contributed by atoms with Crippen molar-refractivity contribution in [2.24, 2.45) is 5.73 Å². The molecule has 4 heteroatoms. The maximum Gasteiger partial charge on any atom is 0.256 e. The van der Waals surface area contributed by atoms with E-state index in [-0.39, 0.29) is 11.3 Å². The molecule has 2 N–H and O–H groups in total. The van der Waals surface area contributed by atoms with Crippen LogP contribution in [0.1, 0.15) is 17.7 Å². The first-order valence-electron chi connectivity index (χ1n) is 5.14. The number of hydrogen-bond donors (Lipinski definition) is 1. The Hall–Kier alpha value is -1.26. The van der Waals surface area contributed by atoms with E-state index in [1.54, 1.807) is 24.2 Å². The van der Waals surface area contributed by atoms with Crippen LogP contribution < -0.4 is 5.73 Å². The number of nitrogens with two attached hydrogens (primary N) is 1. The molecule has 3 nitrogen and oxygen atoms in total. The van der Waals surface area contributed by atoms with E-state index in [0.717, 1.165) is 0 Å². The molecule has 2 unspecified atom stereocenters. The van der Waals surface area contributed by atoms with Gasteiger partial charge in [0, 0.05) is 6.04 Å². The fraction of sp³-hybridized carbons (Fsp3) is 0.250. The molecule has 0 aliphatic heterocycles. The summed E-state index contributed by atoms with van der Waals surface area (Å²) in [6.45, 7) is 1.99. The van der Waals surface area contributed by atoms with Gasteiger partial charge in [0.05, 0.1) is 11.4 Å². The minimum absolute atomic E-state index is 0.0410. The van der Waals surface area contributed by atoms with Crippen molar-refractivity contribution in [2.45, 2.75) is 23.4 Å². The van der Waals surface area contributed by atoms with Gasteiger partial charge >= 0.3 is 0 Å². The molecule has 2 rings (SSSR count). The van der Waals surface area contributed by atoms with Gasteiger partial charge in [0.25, 0.3) is 5.22 Å². The predicted molar refractivity (Wildman–Crippen MR) is 65.2 cm³/mol. The average molecular weight is 234 g/mol. The maximum atomic E-state index is 5.99. The van der Waals surface area contributed by atoms with Crippen LogP contribution in [0.3, 0.4) is 0 Å². The third-order valence-electron chi connectivity index (χ3n) is 2.24. The van der Waals surface area contributed by atoms with E-state index in [4.69, 9.17) is 10.2 Å². The summed E-state index contributed by atoms with van der Waals surface area (Å²) in [6, 6.07) is 10.2. The number of rotatable bonds is 4. The van der Waals surface area contributed by atoms with Gasteiger partial charge in [0.1, 0.15) is 6.26 Å². The second-order valence-corrected chi connectivity index (χ2v) is 4.70. The molecule has 0 amide bonds. The Balaban J connectivity index is 2.18. The van der Waals surface area contributed by atoms with Crippen molar-refractivity contribution in [1.29, 1.82) is 0 Å². The third-order valence-corrected chi connectivity index (χ3v) is 3.60. The second-order valence-electron chi connectivity index (χ2n) is 3.61. The lowest BCUT2D eigenvalue weighted by molar-refractivity contribution is 0.452. The summed E-state index contributed by atoms with van der Waals surface area (Å²) < 4.78 is 5.23. The highest BCUT2D eigenvalue weighted by Crippen LogP contribution is 2.35. The molecule has 2 aromatic rings. The topological polar surface area (TPSA) is 52.0 Å². The van der Waals surface area contributed by atoms with Gasteiger partial charge in [-0.15, -0.1) is 0 Å². The van der Waals surface area contributed by atoms with Crippen LogP contribution in [0.2, 0.25) is 0 Å². The molecule has 0 bridgehead atoms. The van der Waals surface area contributed by atoms with Crippen LogP contribution in [-0.2, 0) is 0 Å². The Morgan fingerprint density at radius 2 is 2.06 bits per heavy atom. The normalized spacial score (nSPS) is 14.6. The van der Waals surface area contributed by atoms with Crippen LogP contribution in [0.15, 0.2) is 52.4 Å². The average Bonchev–Trinajstić information content (AvgIpc) is 2.79. The van der Waals surface area contributed by atoms with Crippen LogP contribution in [0.5, 0.6) is 0 Å². The number of thioether (sulfide) groups is 1. The SMILES string of the molecule is CC(N)C(Sc1ncco1)c1ccccc1. The van der Waals surface area contributed by atoms with E-state index in [1.807, 2.05) is 25.1 Å². The van der Waals surface area contributed by atoms with Crippen molar-refractivity contribution in [3.63, 3.8) is 0 Å². The summed E-state index contributed by atoms with van der Waals surface area (Å²) >= 11 is 1.55. The molecule has 0 fully saturated rings. The van der Waals surface area contributed by atoms with E-state index < -0.39 is 0 Å². The lowest BCUT2D eigenvalue weighted by Gasteiger charge is -2.18.